The molecule has 0 radical (unpaired) electrons. The Morgan fingerprint density at radius 3 is 2.59 bits per heavy atom. The zero-order valence-electron chi connectivity index (χ0n) is 18.7. The molecule has 3 heterocycles. The lowest BCUT2D eigenvalue weighted by molar-refractivity contribution is 0.0966. The van der Waals surface area contributed by atoms with E-state index in [2.05, 4.69) is 15.0 Å². The average Bonchev–Trinajstić information content (AvgIpc) is 2.84. The number of piperidine rings is 1. The van der Waals surface area contributed by atoms with Gasteiger partial charge in [-0.25, -0.2) is 9.07 Å². The SMILES string of the molecule is COc1nc(N2CCC(CCP(O)O)CC2)cc2cnn(CC(=O)c3ccc(F)cc3)c(=O)c12. The lowest BCUT2D eigenvalue weighted by Crippen LogP contribution is -2.34. The molecule has 2 N–H and O–H groups in total. The number of aromatic nitrogens is 3. The van der Waals surface area contributed by atoms with Crippen molar-refractivity contribution >= 4 is 30.7 Å². The van der Waals surface area contributed by atoms with E-state index in [0.29, 0.717) is 23.3 Å². The van der Waals surface area contributed by atoms with Crippen LogP contribution in [0, 0.1) is 11.7 Å². The second-order valence-electron chi connectivity index (χ2n) is 8.31. The highest BCUT2D eigenvalue weighted by Gasteiger charge is 2.23. The van der Waals surface area contributed by atoms with Gasteiger partial charge in [-0.3, -0.25) is 9.59 Å². The number of halogens is 1. The van der Waals surface area contributed by atoms with Crippen LogP contribution >= 0.6 is 8.38 Å². The Kier molecular flexibility index (Phi) is 7.50. The molecule has 34 heavy (non-hydrogen) atoms. The number of benzene rings is 1. The Morgan fingerprint density at radius 1 is 1.24 bits per heavy atom. The van der Waals surface area contributed by atoms with Gasteiger partial charge in [0.05, 0.1) is 13.3 Å². The van der Waals surface area contributed by atoms with Gasteiger partial charge < -0.3 is 19.4 Å². The van der Waals surface area contributed by atoms with E-state index in [1.54, 1.807) is 6.07 Å². The minimum atomic E-state index is -1.85. The second-order valence-corrected chi connectivity index (χ2v) is 9.50. The summed E-state index contributed by atoms with van der Waals surface area (Å²) in [6, 6.07) is 6.91. The van der Waals surface area contributed by atoms with Crippen molar-refractivity contribution in [1.29, 1.82) is 0 Å². The van der Waals surface area contributed by atoms with E-state index in [1.807, 2.05) is 0 Å². The number of methoxy groups -OCH3 is 1. The summed E-state index contributed by atoms with van der Waals surface area (Å²) in [5.41, 5.74) is -0.208. The first-order valence-electron chi connectivity index (χ1n) is 11.0. The number of hydrogen-bond donors (Lipinski definition) is 2. The van der Waals surface area contributed by atoms with Crippen LogP contribution in [-0.4, -0.2) is 56.7 Å². The molecule has 1 aromatic carbocycles. The summed E-state index contributed by atoms with van der Waals surface area (Å²) in [6.45, 7) is 1.23. The van der Waals surface area contributed by atoms with Crippen molar-refractivity contribution in [2.75, 3.05) is 31.3 Å². The normalized spacial score (nSPS) is 14.7. The Balaban J connectivity index is 1.55. The number of carbonyl (C=O) groups excluding carboxylic acids is 1. The number of anilines is 1. The summed E-state index contributed by atoms with van der Waals surface area (Å²) >= 11 is 0. The largest absolute Gasteiger partial charge is 0.480 e. The van der Waals surface area contributed by atoms with Crippen molar-refractivity contribution in [3.63, 3.8) is 0 Å². The van der Waals surface area contributed by atoms with E-state index in [4.69, 9.17) is 14.5 Å². The van der Waals surface area contributed by atoms with Crippen molar-refractivity contribution in [1.82, 2.24) is 14.8 Å². The van der Waals surface area contributed by atoms with E-state index < -0.39 is 19.8 Å². The summed E-state index contributed by atoms with van der Waals surface area (Å²) in [4.78, 5) is 50.6. The molecule has 4 rings (SSSR count). The van der Waals surface area contributed by atoms with Gasteiger partial charge in [-0.1, -0.05) is 0 Å². The van der Waals surface area contributed by atoms with E-state index >= 15 is 0 Å². The van der Waals surface area contributed by atoms with Crippen LogP contribution in [0.4, 0.5) is 10.2 Å². The van der Waals surface area contributed by atoms with Gasteiger partial charge in [0, 0.05) is 30.2 Å². The molecule has 1 aliphatic heterocycles. The Bertz CT molecular complexity index is 1230. The summed E-state index contributed by atoms with van der Waals surface area (Å²) < 4.78 is 19.6. The third kappa shape index (κ3) is 5.41. The summed E-state index contributed by atoms with van der Waals surface area (Å²) in [6.07, 6.45) is 4.57. The number of ether oxygens (including phenoxy) is 1. The fraction of sp³-hybridized carbons (Fsp3) is 0.391. The molecule has 1 fully saturated rings. The molecule has 0 saturated carbocycles. The topological polar surface area (TPSA) is 118 Å². The van der Waals surface area contributed by atoms with Gasteiger partial charge >= 0.3 is 0 Å². The average molecular weight is 488 g/mol. The van der Waals surface area contributed by atoms with E-state index in [-0.39, 0.29) is 29.2 Å². The third-order valence-electron chi connectivity index (χ3n) is 6.12. The number of fused-ring (bicyclic) bond motifs is 1. The van der Waals surface area contributed by atoms with Crippen LogP contribution in [0.5, 0.6) is 5.88 Å². The Hall–Kier alpha value is -2.94. The van der Waals surface area contributed by atoms with Crippen LogP contribution in [0.1, 0.15) is 29.6 Å². The highest BCUT2D eigenvalue weighted by molar-refractivity contribution is 7.45. The van der Waals surface area contributed by atoms with Crippen molar-refractivity contribution in [3.8, 4) is 5.88 Å². The minimum absolute atomic E-state index is 0.163. The van der Waals surface area contributed by atoms with Gasteiger partial charge in [0.25, 0.3) is 5.56 Å². The number of nitrogens with zero attached hydrogens (tertiary/aromatic N) is 4. The maximum absolute atomic E-state index is 13.1. The molecule has 0 bridgehead atoms. The first-order chi connectivity index (χ1) is 16.4. The summed E-state index contributed by atoms with van der Waals surface area (Å²) in [5, 5.41) is 4.96. The maximum atomic E-state index is 13.1. The minimum Gasteiger partial charge on any atom is -0.480 e. The molecular formula is C23H26FN4O5P. The molecule has 9 nitrogen and oxygen atoms in total. The Labute approximate surface area is 196 Å². The maximum Gasteiger partial charge on any atom is 0.280 e. The molecule has 1 saturated heterocycles. The van der Waals surface area contributed by atoms with E-state index in [1.165, 1.54) is 37.6 Å². The fourth-order valence-electron chi connectivity index (χ4n) is 4.19. The van der Waals surface area contributed by atoms with Gasteiger partial charge in [-0.2, -0.15) is 10.1 Å². The molecule has 0 amide bonds. The van der Waals surface area contributed by atoms with Gasteiger partial charge in [-0.15, -0.1) is 0 Å². The number of ketones is 1. The number of pyridine rings is 1. The van der Waals surface area contributed by atoms with Gasteiger partial charge in [0.15, 0.2) is 14.2 Å². The molecule has 3 aromatic rings. The molecule has 0 unspecified atom stereocenters. The standard InChI is InChI=1S/C23H26FN4O5P/c1-33-22-21-17(12-20(26-22)27-9-6-15(7-10-27)8-11-34(31)32)13-25-28(23(21)30)14-19(29)16-2-4-18(24)5-3-16/h2-5,12-13,15,31-32H,6-11,14H2,1H3. The third-order valence-corrected chi connectivity index (χ3v) is 6.77. The second kappa shape index (κ2) is 10.5. The molecule has 2 aromatic heterocycles. The summed E-state index contributed by atoms with van der Waals surface area (Å²) in [7, 11) is -0.412. The summed E-state index contributed by atoms with van der Waals surface area (Å²) in [5.74, 6) is 0.468. The first-order valence-corrected chi connectivity index (χ1v) is 12.4. The quantitative estimate of drug-likeness (QED) is 0.367. The van der Waals surface area contributed by atoms with Gasteiger partial charge in [-0.05, 0) is 55.5 Å². The highest BCUT2D eigenvalue weighted by Crippen LogP contribution is 2.32. The molecule has 11 heteroatoms. The fourth-order valence-corrected chi connectivity index (χ4v) is 4.79. The lowest BCUT2D eigenvalue weighted by atomic mass is 9.94. The van der Waals surface area contributed by atoms with Crippen molar-refractivity contribution in [3.05, 3.63) is 58.3 Å². The number of hydrogen-bond acceptors (Lipinski definition) is 8. The smallest absolute Gasteiger partial charge is 0.280 e. The Morgan fingerprint density at radius 2 is 1.94 bits per heavy atom. The number of Topliss-reactive ketones (excluding diaryl/α,β-unsaturated/α-hetero) is 1. The number of rotatable bonds is 8. The zero-order chi connectivity index (χ0) is 24.2. The van der Waals surface area contributed by atoms with Gasteiger partial charge in [0.1, 0.15) is 23.6 Å². The van der Waals surface area contributed by atoms with E-state index in [0.717, 1.165) is 37.0 Å². The van der Waals surface area contributed by atoms with Gasteiger partial charge in [0.2, 0.25) is 5.88 Å². The predicted octanol–water partition coefficient (Wildman–Crippen LogP) is 2.73. The number of carbonyl (C=O) groups is 1. The van der Waals surface area contributed by atoms with Crippen molar-refractivity contribution in [2.45, 2.75) is 25.8 Å². The van der Waals surface area contributed by atoms with Crippen LogP contribution in [0.2, 0.25) is 0 Å². The van der Waals surface area contributed by atoms with Crippen LogP contribution in [0.25, 0.3) is 10.8 Å². The monoisotopic (exact) mass is 488 g/mol. The first kappa shape index (κ1) is 24.2. The van der Waals surface area contributed by atoms with Crippen LogP contribution in [-0.2, 0) is 6.54 Å². The molecule has 1 aliphatic rings. The zero-order valence-corrected chi connectivity index (χ0v) is 19.6. The van der Waals surface area contributed by atoms with Crippen molar-refractivity contribution < 1.29 is 23.7 Å². The predicted molar refractivity (Wildman–Crippen MR) is 127 cm³/mol. The molecule has 180 valence electrons. The highest BCUT2D eigenvalue weighted by atomic mass is 31.2. The van der Waals surface area contributed by atoms with E-state index in [9.17, 15) is 14.0 Å². The molecule has 0 atom stereocenters. The van der Waals surface area contributed by atoms with Crippen LogP contribution in [0.3, 0.4) is 0 Å². The lowest BCUT2D eigenvalue weighted by Gasteiger charge is -2.33. The molecule has 0 aliphatic carbocycles. The van der Waals surface area contributed by atoms with Crippen LogP contribution < -0.4 is 15.2 Å². The van der Waals surface area contributed by atoms with Crippen LogP contribution in [0.15, 0.2) is 41.3 Å². The van der Waals surface area contributed by atoms with Crippen molar-refractivity contribution in [2.24, 2.45) is 5.92 Å². The molecule has 0 spiro atoms. The molecular weight excluding hydrogens is 462 g/mol.